The Kier molecular flexibility index (Phi) is 3.25. The molecule has 0 aliphatic heterocycles. The zero-order valence-electron chi connectivity index (χ0n) is 8.26. The summed E-state index contributed by atoms with van der Waals surface area (Å²) in [7, 11) is 0. The van der Waals surface area contributed by atoms with Crippen LogP contribution in [0.4, 0.5) is 0 Å². The fraction of sp³-hybridized carbons (Fsp3) is 0. The van der Waals surface area contributed by atoms with Crippen LogP contribution in [-0.4, -0.2) is 13.9 Å². The average Bonchev–Trinajstić information content (AvgIpc) is 2.33. The van der Waals surface area contributed by atoms with Gasteiger partial charge in [0.15, 0.2) is 0 Å². The fourth-order valence-electron chi connectivity index (χ4n) is 1.39. The average molecular weight is 258 g/mol. The maximum atomic E-state index is 5.64. The van der Waals surface area contributed by atoms with Crippen molar-refractivity contribution < 1.29 is 0 Å². The third-order valence-electron chi connectivity index (χ3n) is 2.08. The number of hydrogen-bond acceptors (Lipinski definition) is 0. The van der Waals surface area contributed by atoms with Gasteiger partial charge in [-0.05, 0) is 0 Å². The molecule has 1 heteroatoms. The molecule has 0 bridgehead atoms. The molecule has 0 aromatic heterocycles. The maximum absolute atomic E-state index is 5.64. The van der Waals surface area contributed by atoms with Crippen LogP contribution in [0.1, 0.15) is 0 Å². The SMILES string of the molecule is C#C[Se+](c1ccccc1)c1ccccc1. The Morgan fingerprint density at radius 1 is 0.733 bits per heavy atom. The van der Waals surface area contributed by atoms with Gasteiger partial charge in [-0.3, -0.25) is 0 Å². The molecule has 0 saturated carbocycles. The van der Waals surface area contributed by atoms with Crippen molar-refractivity contribution >= 4 is 22.8 Å². The van der Waals surface area contributed by atoms with Crippen LogP contribution in [-0.2, 0) is 0 Å². The molecule has 0 heterocycles. The Hall–Kier alpha value is -1.48. The molecular formula is C14H11Se+. The molecule has 15 heavy (non-hydrogen) atoms. The first-order chi connectivity index (χ1) is 7.42. The number of rotatable bonds is 2. The van der Waals surface area contributed by atoms with Crippen LogP contribution in [0.25, 0.3) is 0 Å². The predicted octanol–water partition coefficient (Wildman–Crippen LogP) is 1.47. The second kappa shape index (κ2) is 4.84. The summed E-state index contributed by atoms with van der Waals surface area (Å²) in [6.45, 7) is 0. The Bertz CT molecular complexity index is 414. The van der Waals surface area contributed by atoms with E-state index in [1.165, 1.54) is 8.92 Å². The third kappa shape index (κ3) is 2.30. The van der Waals surface area contributed by atoms with E-state index in [1.54, 1.807) is 0 Å². The van der Waals surface area contributed by atoms with Gasteiger partial charge in [-0.2, -0.15) is 0 Å². The fourth-order valence-corrected chi connectivity index (χ4v) is 4.33. The van der Waals surface area contributed by atoms with E-state index in [9.17, 15) is 0 Å². The van der Waals surface area contributed by atoms with Gasteiger partial charge in [-0.25, -0.2) is 0 Å². The molecule has 0 amide bonds. The molecular weight excluding hydrogens is 247 g/mol. The van der Waals surface area contributed by atoms with Gasteiger partial charge in [0.25, 0.3) is 0 Å². The predicted molar refractivity (Wildman–Crippen MR) is 66.7 cm³/mol. The quantitative estimate of drug-likeness (QED) is 0.565. The topological polar surface area (TPSA) is 0 Å². The van der Waals surface area contributed by atoms with Crippen molar-refractivity contribution in [3.63, 3.8) is 0 Å². The van der Waals surface area contributed by atoms with Crippen LogP contribution in [0.3, 0.4) is 0 Å². The molecule has 0 unspecified atom stereocenters. The van der Waals surface area contributed by atoms with Crippen molar-refractivity contribution in [3.8, 4) is 11.2 Å². The van der Waals surface area contributed by atoms with Crippen molar-refractivity contribution in [1.29, 1.82) is 0 Å². The van der Waals surface area contributed by atoms with E-state index >= 15 is 0 Å². The first-order valence-corrected chi connectivity index (χ1v) is 7.29. The Morgan fingerprint density at radius 3 is 1.47 bits per heavy atom. The minimum atomic E-state index is -1.26. The van der Waals surface area contributed by atoms with E-state index in [0.29, 0.717) is 0 Å². The van der Waals surface area contributed by atoms with Crippen molar-refractivity contribution in [2.75, 3.05) is 0 Å². The van der Waals surface area contributed by atoms with E-state index in [2.05, 4.69) is 29.1 Å². The molecule has 0 atom stereocenters. The van der Waals surface area contributed by atoms with E-state index < -0.39 is 13.9 Å². The van der Waals surface area contributed by atoms with Crippen LogP contribution < -0.4 is 8.92 Å². The Labute approximate surface area is 94.8 Å². The normalized spacial score (nSPS) is 9.87. The van der Waals surface area contributed by atoms with Gasteiger partial charge in [0.1, 0.15) is 0 Å². The molecule has 0 nitrogen and oxygen atoms in total. The summed E-state index contributed by atoms with van der Waals surface area (Å²) in [5.41, 5.74) is 0. The van der Waals surface area contributed by atoms with E-state index in [4.69, 9.17) is 6.42 Å². The standard InChI is InChI=1S/C14H11Se/c1-2-15(13-9-5-3-6-10-13)14-11-7-4-8-12-14/h1,3-12H/q+1. The molecule has 0 aliphatic carbocycles. The Balaban J connectivity index is 2.39. The minimum absolute atomic E-state index is 1.26. The van der Waals surface area contributed by atoms with E-state index in [1.807, 2.05) is 36.4 Å². The van der Waals surface area contributed by atoms with Crippen LogP contribution in [0.15, 0.2) is 60.7 Å². The van der Waals surface area contributed by atoms with Crippen molar-refractivity contribution in [2.24, 2.45) is 0 Å². The van der Waals surface area contributed by atoms with Crippen LogP contribution in [0, 0.1) is 11.2 Å². The second-order valence-corrected chi connectivity index (χ2v) is 6.81. The molecule has 2 aromatic rings. The summed E-state index contributed by atoms with van der Waals surface area (Å²) < 4.78 is 2.59. The van der Waals surface area contributed by atoms with Gasteiger partial charge < -0.3 is 0 Å². The van der Waals surface area contributed by atoms with Gasteiger partial charge in [0.2, 0.25) is 0 Å². The Morgan fingerprint density at radius 2 is 1.13 bits per heavy atom. The summed E-state index contributed by atoms with van der Waals surface area (Å²) in [6.07, 6.45) is 5.64. The third-order valence-corrected chi connectivity index (χ3v) is 5.69. The number of hydrogen-bond donors (Lipinski definition) is 0. The number of benzene rings is 2. The molecule has 0 radical (unpaired) electrons. The van der Waals surface area contributed by atoms with Crippen LogP contribution in [0.5, 0.6) is 0 Å². The second-order valence-electron chi connectivity index (χ2n) is 3.05. The molecule has 0 spiro atoms. The molecule has 0 fully saturated rings. The molecule has 72 valence electrons. The molecule has 2 rings (SSSR count). The summed E-state index contributed by atoms with van der Waals surface area (Å²) in [4.78, 5) is 2.96. The van der Waals surface area contributed by atoms with Gasteiger partial charge in [-0.15, -0.1) is 0 Å². The molecule has 0 N–H and O–H groups in total. The van der Waals surface area contributed by atoms with Gasteiger partial charge in [0, 0.05) is 0 Å². The first-order valence-electron chi connectivity index (χ1n) is 4.72. The van der Waals surface area contributed by atoms with E-state index in [0.717, 1.165) is 0 Å². The molecule has 2 aromatic carbocycles. The van der Waals surface area contributed by atoms with Crippen LogP contribution in [0.2, 0.25) is 0 Å². The van der Waals surface area contributed by atoms with E-state index in [-0.39, 0.29) is 0 Å². The first kappa shape index (κ1) is 10.1. The summed E-state index contributed by atoms with van der Waals surface area (Å²) >= 11 is -1.26. The number of terminal acetylenes is 1. The van der Waals surface area contributed by atoms with Crippen molar-refractivity contribution in [2.45, 2.75) is 0 Å². The summed E-state index contributed by atoms with van der Waals surface area (Å²) in [5.74, 6) is 0. The molecule has 0 aliphatic rings. The van der Waals surface area contributed by atoms with Gasteiger partial charge in [0.05, 0.1) is 0 Å². The van der Waals surface area contributed by atoms with Crippen molar-refractivity contribution in [1.82, 2.24) is 0 Å². The molecule has 0 saturated heterocycles. The van der Waals surface area contributed by atoms with Crippen molar-refractivity contribution in [3.05, 3.63) is 60.7 Å². The van der Waals surface area contributed by atoms with Gasteiger partial charge >= 0.3 is 94.7 Å². The van der Waals surface area contributed by atoms with Crippen LogP contribution >= 0.6 is 0 Å². The summed E-state index contributed by atoms with van der Waals surface area (Å²) in [5, 5.41) is 0. The zero-order valence-corrected chi connectivity index (χ0v) is 9.97. The van der Waals surface area contributed by atoms with Gasteiger partial charge in [-0.1, -0.05) is 0 Å². The monoisotopic (exact) mass is 259 g/mol. The summed E-state index contributed by atoms with van der Waals surface area (Å²) in [6, 6.07) is 20.7. The zero-order chi connectivity index (χ0) is 10.5.